The summed E-state index contributed by atoms with van der Waals surface area (Å²) in [4.78, 5) is 43.1. The second-order valence-corrected chi connectivity index (χ2v) is 8.86. The highest BCUT2D eigenvalue weighted by Crippen LogP contribution is 2.19. The largest absolute Gasteiger partial charge is 0.497 e. The molecular formula is C28H35N5O4. The van der Waals surface area contributed by atoms with Crippen LogP contribution >= 0.6 is 0 Å². The molecule has 1 aromatic heterocycles. The van der Waals surface area contributed by atoms with Crippen LogP contribution in [0.4, 0.5) is 5.69 Å². The highest BCUT2D eigenvalue weighted by molar-refractivity contribution is 6.09. The molecule has 0 aliphatic heterocycles. The maximum atomic E-state index is 13.2. The van der Waals surface area contributed by atoms with Crippen LogP contribution in [-0.2, 0) is 11.3 Å². The van der Waals surface area contributed by atoms with E-state index in [4.69, 9.17) is 4.74 Å². The van der Waals surface area contributed by atoms with E-state index in [1.165, 1.54) is 0 Å². The summed E-state index contributed by atoms with van der Waals surface area (Å²) in [5, 5.41) is 8.90. The number of nitrogens with zero attached hydrogens (tertiary/aromatic N) is 2. The Labute approximate surface area is 217 Å². The van der Waals surface area contributed by atoms with Crippen molar-refractivity contribution >= 4 is 23.3 Å². The second-order valence-electron chi connectivity index (χ2n) is 8.86. The minimum absolute atomic E-state index is 0.0507. The average molecular weight is 506 g/mol. The summed E-state index contributed by atoms with van der Waals surface area (Å²) >= 11 is 0. The number of imidazole rings is 1. The van der Waals surface area contributed by atoms with Gasteiger partial charge in [0.1, 0.15) is 5.75 Å². The van der Waals surface area contributed by atoms with Crippen molar-refractivity contribution in [3.8, 4) is 5.75 Å². The van der Waals surface area contributed by atoms with Gasteiger partial charge in [-0.1, -0.05) is 32.4 Å². The van der Waals surface area contributed by atoms with Gasteiger partial charge in [0.05, 0.1) is 37.3 Å². The highest BCUT2D eigenvalue weighted by atomic mass is 16.5. The molecule has 3 rings (SSSR count). The summed E-state index contributed by atoms with van der Waals surface area (Å²) in [5.41, 5.74) is 1.09. The number of carbonyl (C=O) groups excluding carboxylic acids is 3. The Morgan fingerprint density at radius 3 is 2.49 bits per heavy atom. The number of ketones is 1. The lowest BCUT2D eigenvalue weighted by Crippen LogP contribution is -2.48. The Hall–Kier alpha value is -3.98. The number of anilines is 1. The van der Waals surface area contributed by atoms with Gasteiger partial charge >= 0.3 is 0 Å². The lowest BCUT2D eigenvalue weighted by molar-refractivity contribution is -0.121. The first-order chi connectivity index (χ1) is 17.9. The molecule has 0 bridgehead atoms. The van der Waals surface area contributed by atoms with Crippen LogP contribution in [-0.4, -0.2) is 53.4 Å². The summed E-state index contributed by atoms with van der Waals surface area (Å²) in [6, 6.07) is 12.8. The van der Waals surface area contributed by atoms with E-state index in [-0.39, 0.29) is 24.2 Å². The molecule has 3 aromatic rings. The third-order valence-corrected chi connectivity index (χ3v) is 6.25. The molecule has 0 saturated carbocycles. The van der Waals surface area contributed by atoms with Crippen molar-refractivity contribution in [2.45, 2.75) is 39.3 Å². The van der Waals surface area contributed by atoms with E-state index in [0.29, 0.717) is 29.1 Å². The van der Waals surface area contributed by atoms with Crippen LogP contribution in [0.2, 0.25) is 0 Å². The molecule has 0 spiro atoms. The van der Waals surface area contributed by atoms with Crippen LogP contribution in [0.1, 0.15) is 47.4 Å². The number of aromatic nitrogens is 2. The molecule has 2 amide bonds. The molecular weight excluding hydrogens is 470 g/mol. The molecule has 9 nitrogen and oxygen atoms in total. The van der Waals surface area contributed by atoms with Gasteiger partial charge in [0.2, 0.25) is 0 Å². The smallest absolute Gasteiger partial charge is 0.255 e. The Bertz CT molecular complexity index is 1160. The Morgan fingerprint density at radius 2 is 1.81 bits per heavy atom. The van der Waals surface area contributed by atoms with Gasteiger partial charge in [0.25, 0.3) is 11.8 Å². The van der Waals surface area contributed by atoms with Crippen LogP contribution in [0.5, 0.6) is 5.75 Å². The van der Waals surface area contributed by atoms with Crippen molar-refractivity contribution in [2.24, 2.45) is 5.92 Å². The number of carbonyl (C=O) groups is 3. The SMILES string of the molecule is CC[C@@H](C)[C@@H](NC(=O)c1ccccc1NC(=O)c1ccc(OC)cc1)C(=O)CNCCCn1ccnc1. The van der Waals surface area contributed by atoms with E-state index >= 15 is 0 Å². The molecule has 0 aliphatic carbocycles. The number of hydrogen-bond acceptors (Lipinski definition) is 6. The number of rotatable bonds is 14. The summed E-state index contributed by atoms with van der Waals surface area (Å²) in [5.74, 6) is -0.248. The van der Waals surface area contributed by atoms with Crippen molar-refractivity contribution in [1.82, 2.24) is 20.2 Å². The quantitative estimate of drug-likeness (QED) is 0.289. The average Bonchev–Trinajstić information content (AvgIpc) is 3.44. The lowest BCUT2D eigenvalue weighted by atomic mass is 9.94. The molecule has 0 unspecified atom stereocenters. The number of benzene rings is 2. The monoisotopic (exact) mass is 505 g/mol. The summed E-state index contributed by atoms with van der Waals surface area (Å²) < 4.78 is 7.12. The van der Waals surface area contributed by atoms with Crippen LogP contribution in [0.25, 0.3) is 0 Å². The number of aryl methyl sites for hydroxylation is 1. The predicted octanol–water partition coefficient (Wildman–Crippen LogP) is 3.54. The highest BCUT2D eigenvalue weighted by Gasteiger charge is 2.27. The van der Waals surface area contributed by atoms with Crippen LogP contribution in [0, 0.1) is 5.92 Å². The van der Waals surface area contributed by atoms with Gasteiger partial charge in [-0.15, -0.1) is 0 Å². The predicted molar refractivity (Wildman–Crippen MR) is 143 cm³/mol. The first-order valence-corrected chi connectivity index (χ1v) is 12.5. The Balaban J connectivity index is 1.61. The van der Waals surface area contributed by atoms with E-state index < -0.39 is 11.9 Å². The fraction of sp³-hybridized carbons (Fsp3) is 0.357. The van der Waals surface area contributed by atoms with Crippen molar-refractivity contribution in [1.29, 1.82) is 0 Å². The van der Waals surface area contributed by atoms with Crippen molar-refractivity contribution in [2.75, 3.05) is 25.5 Å². The van der Waals surface area contributed by atoms with Crippen LogP contribution in [0.3, 0.4) is 0 Å². The fourth-order valence-electron chi connectivity index (χ4n) is 3.85. The second kappa shape index (κ2) is 13.9. The number of para-hydroxylation sites is 1. The van der Waals surface area contributed by atoms with Crippen molar-refractivity contribution < 1.29 is 19.1 Å². The zero-order valence-corrected chi connectivity index (χ0v) is 21.6. The maximum Gasteiger partial charge on any atom is 0.255 e. The summed E-state index contributed by atoms with van der Waals surface area (Å²) in [7, 11) is 1.56. The number of amides is 2. The number of nitrogens with one attached hydrogen (secondary N) is 3. The van der Waals surface area contributed by atoms with Gasteiger partial charge in [-0.05, 0) is 55.3 Å². The van der Waals surface area contributed by atoms with Crippen LogP contribution < -0.4 is 20.7 Å². The zero-order chi connectivity index (χ0) is 26.6. The number of methoxy groups -OCH3 is 1. The van der Waals surface area contributed by atoms with E-state index in [9.17, 15) is 14.4 Å². The van der Waals surface area contributed by atoms with Gasteiger partial charge in [0, 0.05) is 24.5 Å². The third-order valence-electron chi connectivity index (χ3n) is 6.25. The Kier molecular flexibility index (Phi) is 10.4. The van der Waals surface area contributed by atoms with E-state index in [1.807, 2.05) is 24.6 Å². The molecule has 0 fully saturated rings. The molecule has 1 heterocycles. The normalized spacial score (nSPS) is 12.4. The topological polar surface area (TPSA) is 114 Å². The number of Topliss-reactive ketones (excluding diaryl/α,β-unsaturated/α-hetero) is 1. The zero-order valence-electron chi connectivity index (χ0n) is 21.6. The fourth-order valence-corrected chi connectivity index (χ4v) is 3.85. The van der Waals surface area contributed by atoms with Gasteiger partial charge in [-0.2, -0.15) is 0 Å². The first-order valence-electron chi connectivity index (χ1n) is 12.5. The number of ether oxygens (including phenoxy) is 1. The molecule has 0 aliphatic rings. The van der Waals surface area contributed by atoms with E-state index in [0.717, 1.165) is 19.4 Å². The summed E-state index contributed by atoms with van der Waals surface area (Å²) in [6.45, 7) is 5.57. The number of hydrogen-bond donors (Lipinski definition) is 3. The maximum absolute atomic E-state index is 13.2. The third kappa shape index (κ3) is 8.01. The van der Waals surface area contributed by atoms with Gasteiger partial charge < -0.3 is 25.3 Å². The van der Waals surface area contributed by atoms with Crippen molar-refractivity contribution in [3.05, 3.63) is 78.4 Å². The first kappa shape index (κ1) is 27.6. The van der Waals surface area contributed by atoms with Gasteiger partial charge in [-0.25, -0.2) is 4.98 Å². The van der Waals surface area contributed by atoms with Crippen LogP contribution in [0.15, 0.2) is 67.3 Å². The minimum Gasteiger partial charge on any atom is -0.497 e. The molecule has 9 heteroatoms. The molecule has 37 heavy (non-hydrogen) atoms. The Morgan fingerprint density at radius 1 is 1.05 bits per heavy atom. The molecule has 2 atom stereocenters. The lowest BCUT2D eigenvalue weighted by Gasteiger charge is -2.24. The molecule has 3 N–H and O–H groups in total. The molecule has 196 valence electrons. The minimum atomic E-state index is -0.649. The van der Waals surface area contributed by atoms with E-state index in [1.54, 1.807) is 68.2 Å². The molecule has 0 radical (unpaired) electrons. The standard InChI is InChI=1S/C28H35N5O4/c1-4-20(2)26(25(34)18-29-14-7-16-33-17-15-30-19-33)32-28(36)23-8-5-6-9-24(23)31-27(35)21-10-12-22(37-3)13-11-21/h5-6,8-13,15,17,19-20,26,29H,4,7,14,16,18H2,1-3H3,(H,31,35)(H,32,36)/t20-,26-/m1/s1. The van der Waals surface area contributed by atoms with Gasteiger partial charge in [-0.3, -0.25) is 14.4 Å². The molecule has 2 aromatic carbocycles. The summed E-state index contributed by atoms with van der Waals surface area (Å²) in [6.07, 6.45) is 6.98. The van der Waals surface area contributed by atoms with Crippen molar-refractivity contribution in [3.63, 3.8) is 0 Å². The molecule has 0 saturated heterocycles. The van der Waals surface area contributed by atoms with Gasteiger partial charge in [0.15, 0.2) is 5.78 Å². The van der Waals surface area contributed by atoms with E-state index in [2.05, 4.69) is 20.9 Å².